The maximum Gasteiger partial charge on any atom is 0.180 e. The number of rotatable bonds is 7. The normalized spacial score (nSPS) is 11.4. The molecule has 0 aliphatic carbocycles. The van der Waals surface area contributed by atoms with Crippen LogP contribution in [-0.2, 0) is 13.0 Å². The van der Waals surface area contributed by atoms with Gasteiger partial charge in [-0.05, 0) is 62.5 Å². The molecule has 2 aromatic carbocycles. The Labute approximate surface area is 200 Å². The highest BCUT2D eigenvalue weighted by atomic mass is 79.9. The smallest absolute Gasteiger partial charge is 0.180 e. The zero-order valence-corrected chi connectivity index (χ0v) is 20.2. The highest BCUT2D eigenvalue weighted by Crippen LogP contribution is 2.30. The predicted molar refractivity (Wildman–Crippen MR) is 133 cm³/mol. The van der Waals surface area contributed by atoms with Crippen molar-refractivity contribution >= 4 is 27.1 Å². The Kier molecular flexibility index (Phi) is 6.00. The molecular weight excluding hydrogens is 478 g/mol. The molecular formula is C25H24BrN7. The van der Waals surface area contributed by atoms with Crippen LogP contribution in [0.2, 0.25) is 0 Å². The van der Waals surface area contributed by atoms with Crippen LogP contribution in [0.1, 0.15) is 36.8 Å². The quantitative estimate of drug-likeness (QED) is 0.307. The zero-order chi connectivity index (χ0) is 22.8. The summed E-state index contributed by atoms with van der Waals surface area (Å²) in [6.07, 6.45) is 3.18. The van der Waals surface area contributed by atoms with Crippen LogP contribution in [0.25, 0.3) is 33.7 Å². The maximum absolute atomic E-state index is 4.90. The number of pyridine rings is 1. The lowest BCUT2D eigenvalue weighted by Crippen LogP contribution is -2.06. The number of nitrogens with one attached hydrogen (secondary N) is 1. The molecule has 0 spiro atoms. The molecule has 33 heavy (non-hydrogen) atoms. The number of tetrazole rings is 1. The fraction of sp³-hybridized carbons (Fsp3) is 0.240. The summed E-state index contributed by atoms with van der Waals surface area (Å²) in [5, 5.41) is 14.4. The summed E-state index contributed by atoms with van der Waals surface area (Å²) in [4.78, 5) is 9.74. The molecule has 166 valence electrons. The fourth-order valence-electron chi connectivity index (χ4n) is 4.04. The largest absolute Gasteiger partial charge is 0.308 e. The van der Waals surface area contributed by atoms with Crippen molar-refractivity contribution in [2.45, 2.75) is 39.7 Å². The second-order valence-electron chi connectivity index (χ2n) is 8.11. The van der Waals surface area contributed by atoms with E-state index in [0.29, 0.717) is 5.82 Å². The van der Waals surface area contributed by atoms with E-state index >= 15 is 0 Å². The number of H-pyrrole nitrogens is 1. The van der Waals surface area contributed by atoms with Crippen LogP contribution in [0.4, 0.5) is 0 Å². The molecule has 3 aromatic heterocycles. The Hall–Kier alpha value is -3.39. The number of aromatic nitrogens is 7. The number of benzene rings is 2. The van der Waals surface area contributed by atoms with E-state index in [1.54, 1.807) is 0 Å². The van der Waals surface area contributed by atoms with Crippen molar-refractivity contribution in [1.29, 1.82) is 0 Å². The number of nitrogens with zero attached hydrogens (tertiary/aromatic N) is 6. The number of aryl methyl sites for hydroxylation is 2. The van der Waals surface area contributed by atoms with Crippen LogP contribution < -0.4 is 0 Å². The molecule has 5 rings (SSSR count). The fourth-order valence-corrected chi connectivity index (χ4v) is 4.35. The molecule has 1 N–H and O–H groups in total. The van der Waals surface area contributed by atoms with Crippen LogP contribution in [0.15, 0.2) is 59.1 Å². The highest BCUT2D eigenvalue weighted by Gasteiger charge is 2.15. The van der Waals surface area contributed by atoms with E-state index in [1.165, 1.54) is 5.56 Å². The lowest BCUT2D eigenvalue weighted by molar-refractivity contribution is 0.686. The molecule has 5 aromatic rings. The van der Waals surface area contributed by atoms with Gasteiger partial charge in [0.2, 0.25) is 0 Å². The van der Waals surface area contributed by atoms with Gasteiger partial charge >= 0.3 is 0 Å². The first kappa shape index (κ1) is 21.5. The van der Waals surface area contributed by atoms with E-state index in [2.05, 4.69) is 84.4 Å². The Morgan fingerprint density at radius 1 is 1.00 bits per heavy atom. The minimum Gasteiger partial charge on any atom is -0.308 e. The van der Waals surface area contributed by atoms with E-state index in [9.17, 15) is 0 Å². The maximum atomic E-state index is 4.90. The van der Waals surface area contributed by atoms with Gasteiger partial charge in [0.15, 0.2) is 11.5 Å². The van der Waals surface area contributed by atoms with Crippen molar-refractivity contribution in [2.75, 3.05) is 0 Å². The SMILES string of the molecule is CCCCc1nc2cc(Br)c(C)nc2n1Cc1ccc(-c2ccccc2-c2nnn[nH]2)cc1. The summed E-state index contributed by atoms with van der Waals surface area (Å²) >= 11 is 3.59. The third kappa shape index (κ3) is 4.30. The zero-order valence-electron chi connectivity index (χ0n) is 18.6. The van der Waals surface area contributed by atoms with Gasteiger partial charge in [0.05, 0.1) is 12.2 Å². The average molecular weight is 502 g/mol. The Morgan fingerprint density at radius 3 is 2.52 bits per heavy atom. The Morgan fingerprint density at radius 2 is 1.79 bits per heavy atom. The van der Waals surface area contributed by atoms with Gasteiger partial charge in [0.1, 0.15) is 11.3 Å². The van der Waals surface area contributed by atoms with E-state index in [0.717, 1.165) is 69.7 Å². The summed E-state index contributed by atoms with van der Waals surface area (Å²) in [5.41, 5.74) is 7.23. The molecule has 0 radical (unpaired) electrons. The number of hydrogen-bond acceptors (Lipinski definition) is 5. The Bertz CT molecular complexity index is 1390. The molecule has 0 saturated heterocycles. The van der Waals surface area contributed by atoms with Crippen molar-refractivity contribution in [3.05, 3.63) is 76.2 Å². The number of halogens is 1. The predicted octanol–water partition coefficient (Wildman–Crippen LogP) is 5.74. The van der Waals surface area contributed by atoms with Crippen LogP contribution in [0, 0.1) is 6.92 Å². The van der Waals surface area contributed by atoms with E-state index in [4.69, 9.17) is 9.97 Å². The van der Waals surface area contributed by atoms with Crippen molar-refractivity contribution < 1.29 is 0 Å². The van der Waals surface area contributed by atoms with Gasteiger partial charge in [-0.15, -0.1) is 5.10 Å². The Balaban J connectivity index is 1.49. The van der Waals surface area contributed by atoms with Crippen LogP contribution in [0.3, 0.4) is 0 Å². The molecule has 7 nitrogen and oxygen atoms in total. The topological polar surface area (TPSA) is 85.2 Å². The third-order valence-corrected chi connectivity index (χ3v) is 6.62. The minimum atomic E-state index is 0.660. The highest BCUT2D eigenvalue weighted by molar-refractivity contribution is 9.10. The molecule has 0 bridgehead atoms. The van der Waals surface area contributed by atoms with Crippen molar-refractivity contribution in [2.24, 2.45) is 0 Å². The summed E-state index contributed by atoms with van der Waals surface area (Å²) in [7, 11) is 0. The van der Waals surface area contributed by atoms with E-state index in [-0.39, 0.29) is 0 Å². The number of imidazole rings is 1. The average Bonchev–Trinajstić information content (AvgIpc) is 3.48. The van der Waals surface area contributed by atoms with Gasteiger partial charge in [0, 0.05) is 16.5 Å². The summed E-state index contributed by atoms with van der Waals surface area (Å²) < 4.78 is 3.25. The van der Waals surface area contributed by atoms with Crippen LogP contribution >= 0.6 is 15.9 Å². The lowest BCUT2D eigenvalue weighted by atomic mass is 9.98. The molecule has 8 heteroatoms. The molecule has 0 aliphatic heterocycles. The van der Waals surface area contributed by atoms with E-state index < -0.39 is 0 Å². The van der Waals surface area contributed by atoms with Crippen LogP contribution in [0.5, 0.6) is 0 Å². The second kappa shape index (κ2) is 9.23. The molecule has 3 heterocycles. The monoisotopic (exact) mass is 501 g/mol. The molecule has 0 fully saturated rings. The third-order valence-electron chi connectivity index (χ3n) is 5.82. The number of fused-ring (bicyclic) bond motifs is 1. The standard InChI is InChI=1S/C25H24BrN7/c1-3-4-9-23-28-22-14-21(26)16(2)27-25(22)33(23)15-17-10-12-18(13-11-17)19-7-5-6-8-20(19)24-29-31-32-30-24/h5-8,10-14H,3-4,9,15H2,1-2H3,(H,29,30,31,32). The van der Waals surface area contributed by atoms with Gasteiger partial charge in [-0.3, -0.25) is 0 Å². The first-order chi connectivity index (χ1) is 16.1. The molecule has 0 amide bonds. The van der Waals surface area contributed by atoms with Gasteiger partial charge in [-0.25, -0.2) is 15.1 Å². The minimum absolute atomic E-state index is 0.660. The summed E-state index contributed by atoms with van der Waals surface area (Å²) in [5.74, 6) is 1.75. The molecule has 0 aliphatic rings. The first-order valence-electron chi connectivity index (χ1n) is 11.1. The van der Waals surface area contributed by atoms with E-state index in [1.807, 2.05) is 25.1 Å². The molecule has 0 atom stereocenters. The van der Waals surface area contributed by atoms with Crippen LogP contribution in [-0.4, -0.2) is 35.2 Å². The second-order valence-corrected chi connectivity index (χ2v) is 8.96. The van der Waals surface area contributed by atoms with Crippen molar-refractivity contribution in [3.63, 3.8) is 0 Å². The van der Waals surface area contributed by atoms with Crippen molar-refractivity contribution in [3.8, 4) is 22.5 Å². The number of unbranched alkanes of at least 4 members (excludes halogenated alkanes) is 1. The molecule has 0 unspecified atom stereocenters. The number of hydrogen-bond donors (Lipinski definition) is 1. The van der Waals surface area contributed by atoms with Crippen molar-refractivity contribution in [1.82, 2.24) is 35.2 Å². The first-order valence-corrected chi connectivity index (χ1v) is 11.9. The van der Waals surface area contributed by atoms with Gasteiger partial charge in [0.25, 0.3) is 0 Å². The lowest BCUT2D eigenvalue weighted by Gasteiger charge is -2.11. The molecule has 0 saturated carbocycles. The number of aromatic amines is 1. The van der Waals surface area contributed by atoms with Gasteiger partial charge in [-0.2, -0.15) is 0 Å². The van der Waals surface area contributed by atoms with Gasteiger partial charge in [-0.1, -0.05) is 61.9 Å². The summed E-state index contributed by atoms with van der Waals surface area (Å²) in [6.45, 7) is 4.96. The summed E-state index contributed by atoms with van der Waals surface area (Å²) in [6, 6.07) is 18.8. The van der Waals surface area contributed by atoms with Gasteiger partial charge < -0.3 is 4.57 Å².